The fraction of sp³-hybridized carbons (Fsp3) is 0.358. The number of nitrogens with zero attached hydrogens (tertiary/aromatic N) is 2. The third kappa shape index (κ3) is 11.8. The number of phenols is 1. The van der Waals surface area contributed by atoms with Crippen molar-refractivity contribution in [2.75, 3.05) is 13.6 Å². The van der Waals surface area contributed by atoms with Gasteiger partial charge in [0.25, 0.3) is 20.2 Å². The molecule has 5 N–H and O–H groups in total. The summed E-state index contributed by atoms with van der Waals surface area (Å²) in [7, 11) is -6.72. The van der Waals surface area contributed by atoms with Gasteiger partial charge in [0.1, 0.15) is 38.2 Å². The van der Waals surface area contributed by atoms with Crippen LogP contribution in [0.4, 0.5) is 0 Å². The predicted octanol–water partition coefficient (Wildman–Crippen LogP) is 12.5. The topological polar surface area (TPSA) is 256 Å². The highest BCUT2D eigenvalue weighted by atomic mass is 32.2. The fourth-order valence-corrected chi connectivity index (χ4v) is 14.3. The summed E-state index contributed by atoms with van der Waals surface area (Å²) in [4.78, 5) is 41.6. The lowest BCUT2D eigenvalue weighted by molar-refractivity contribution is -0.184. The van der Waals surface area contributed by atoms with Gasteiger partial charge in [-0.25, -0.2) is 9.59 Å². The van der Waals surface area contributed by atoms with Crippen LogP contribution in [0.2, 0.25) is 0 Å². The number of rotatable bonds is 13. The number of para-hydroxylation sites is 1. The van der Waals surface area contributed by atoms with Crippen molar-refractivity contribution in [3.63, 3.8) is 0 Å². The van der Waals surface area contributed by atoms with Crippen LogP contribution in [0, 0.1) is 5.92 Å². The maximum absolute atomic E-state index is 14.7. The SMILES string of the molecule is CC(C)=CCCC1(C)C=Cc2c(O)c3c(c(CC=C(C)C)c2O1)OC12C(=CCCC1C(C)(C)OC2(CC=C(C)C(=O)O)C(=O)O)C3=O.CN1CCc2c(c3ccccc3n2Cc2ccccc2)C1.O=S(=O)(O)c1cccc2c(S(=O)(=O)O)cccc12. The van der Waals surface area contributed by atoms with Crippen LogP contribution < -0.4 is 9.47 Å². The Balaban J connectivity index is 0.000000184. The van der Waals surface area contributed by atoms with Crippen molar-refractivity contribution < 1.29 is 69.9 Å². The van der Waals surface area contributed by atoms with Crippen molar-refractivity contribution in [2.24, 2.45) is 5.92 Å². The Kier molecular flexibility index (Phi) is 17.5. The number of carboxylic acids is 2. The number of carbonyl (C=O) groups excluding carboxylic acids is 1. The standard InChI is InChI=1S/C38H46O9.C19H20N2.C10H8O6S2/c1-21(2)11-10-18-36(8)19-17-24-29(39)28-30(40)26-12-9-13-27-35(6,7)47-37(34(43)44,20-16-23(5)33(41)42)38(26,27)46-32(28)25(31(24)45-36)15-14-22(3)4;1-20-12-11-19-17(14-20)16-9-5-6-10-18(16)21(19)13-15-7-3-2-4-8-15;11-17(12,13)9-5-1-3-7-8(9)4-2-6-10(7)18(14,15)16/h11-12,14,16-17,19,27,39H,9-10,13,15,18,20H2,1-8H3,(H,41,42)(H,43,44);2-10H,11-14H2,1H3;1-6H,(H,11,12,13)(H,14,15,16). The van der Waals surface area contributed by atoms with Crippen LogP contribution in [0.15, 0.2) is 153 Å². The summed E-state index contributed by atoms with van der Waals surface area (Å²) >= 11 is 0. The average molecular weight is 1210 g/mol. The zero-order chi connectivity index (χ0) is 62.5. The molecule has 5 aliphatic rings. The minimum Gasteiger partial charge on any atom is -0.506 e. The number of likely N-dealkylation sites (N-methyl/N-ethyl adjacent to an activating group) is 1. The molecule has 1 aromatic heterocycles. The number of benzene rings is 5. The number of ether oxygens (including phenoxy) is 3. The van der Waals surface area contributed by atoms with Crippen LogP contribution >= 0.6 is 0 Å². The summed E-state index contributed by atoms with van der Waals surface area (Å²) in [6, 6.07) is 27.1. The molecule has 0 amide bonds. The van der Waals surface area contributed by atoms with E-state index in [1.54, 1.807) is 26.0 Å². The maximum Gasteiger partial charge on any atom is 0.340 e. The first-order chi connectivity index (χ1) is 40.4. The molecule has 454 valence electrons. The number of Topliss-reactive ketones (excluding diaryl/α,β-unsaturated/α-hetero) is 1. The van der Waals surface area contributed by atoms with Crippen LogP contribution in [-0.2, 0) is 60.5 Å². The Hall–Kier alpha value is -7.65. The van der Waals surface area contributed by atoms with Crippen molar-refractivity contribution in [3.8, 4) is 17.2 Å². The molecule has 4 aliphatic heterocycles. The fourth-order valence-electron chi connectivity index (χ4n) is 12.8. The van der Waals surface area contributed by atoms with E-state index in [-0.39, 0.29) is 45.4 Å². The molecule has 5 aromatic carbocycles. The minimum absolute atomic E-state index is 0.0233. The van der Waals surface area contributed by atoms with Gasteiger partial charge in [-0.15, -0.1) is 0 Å². The number of fused-ring (bicyclic) bond motifs is 6. The minimum atomic E-state index is -4.47. The molecule has 0 radical (unpaired) electrons. The quantitative estimate of drug-likeness (QED) is 0.0409. The number of phenolic OH excluding ortho intramolecular Hbond substituents is 1. The van der Waals surface area contributed by atoms with Gasteiger partial charge >= 0.3 is 11.9 Å². The van der Waals surface area contributed by atoms with Crippen molar-refractivity contribution in [2.45, 2.75) is 146 Å². The number of carbonyl (C=O) groups is 3. The highest BCUT2D eigenvalue weighted by molar-refractivity contribution is 7.86. The molecule has 1 fully saturated rings. The third-order valence-electron chi connectivity index (χ3n) is 17.0. The first kappa shape index (κ1) is 62.9. The van der Waals surface area contributed by atoms with Crippen LogP contribution in [-0.4, -0.2) is 104 Å². The van der Waals surface area contributed by atoms with Gasteiger partial charge in [-0.1, -0.05) is 108 Å². The van der Waals surface area contributed by atoms with Crippen molar-refractivity contribution in [3.05, 3.63) is 177 Å². The van der Waals surface area contributed by atoms with Crippen LogP contribution in [0.1, 0.15) is 126 Å². The molecule has 1 saturated heterocycles. The zero-order valence-electron chi connectivity index (χ0n) is 49.8. The normalized spacial score (nSPS) is 21.9. The third-order valence-corrected chi connectivity index (χ3v) is 18.8. The second kappa shape index (κ2) is 23.9. The summed E-state index contributed by atoms with van der Waals surface area (Å²) in [5.41, 5.74) is 3.13. The summed E-state index contributed by atoms with van der Waals surface area (Å²) < 4.78 is 85.5. The van der Waals surface area contributed by atoms with Crippen molar-refractivity contribution >= 4 is 65.7 Å². The van der Waals surface area contributed by atoms with Gasteiger partial charge < -0.3 is 39.0 Å². The van der Waals surface area contributed by atoms with Crippen LogP contribution in [0.25, 0.3) is 27.8 Å². The number of carboxylic acid groups (broad SMARTS) is 2. The smallest absolute Gasteiger partial charge is 0.340 e. The van der Waals surface area contributed by atoms with Crippen molar-refractivity contribution in [1.82, 2.24) is 9.47 Å². The maximum atomic E-state index is 14.7. The number of aromatic hydroxyl groups is 1. The molecule has 17 nitrogen and oxygen atoms in total. The molecule has 0 saturated carbocycles. The highest BCUT2D eigenvalue weighted by Gasteiger charge is 2.77. The Bertz CT molecular complexity index is 4040. The van der Waals surface area contributed by atoms with E-state index in [0.29, 0.717) is 42.6 Å². The largest absolute Gasteiger partial charge is 0.506 e. The van der Waals surface area contributed by atoms with Gasteiger partial charge in [0, 0.05) is 82.5 Å². The summed E-state index contributed by atoms with van der Waals surface area (Å²) in [5, 5.41) is 33.9. The molecule has 19 heteroatoms. The van der Waals surface area contributed by atoms with E-state index in [2.05, 4.69) is 77.2 Å². The predicted molar refractivity (Wildman–Crippen MR) is 329 cm³/mol. The molecular weight excluding hydrogens is 1140 g/mol. The molecule has 0 bridgehead atoms. The summed E-state index contributed by atoms with van der Waals surface area (Å²) in [5.74, 6) is -3.53. The van der Waals surface area contributed by atoms with E-state index in [4.69, 9.17) is 23.3 Å². The van der Waals surface area contributed by atoms with Crippen LogP contribution in [0.5, 0.6) is 17.2 Å². The molecule has 11 rings (SSSR count). The monoisotopic (exact) mass is 1210 g/mol. The number of aliphatic carboxylic acids is 2. The number of hydrogen-bond donors (Lipinski definition) is 5. The molecule has 5 heterocycles. The van der Waals surface area contributed by atoms with Gasteiger partial charge in [0.15, 0.2) is 11.4 Å². The lowest BCUT2D eigenvalue weighted by atomic mass is 9.60. The van der Waals surface area contributed by atoms with Gasteiger partial charge in [-0.05, 0) is 136 Å². The van der Waals surface area contributed by atoms with Crippen molar-refractivity contribution in [1.29, 1.82) is 0 Å². The van der Waals surface area contributed by atoms with E-state index in [1.807, 2.05) is 46.8 Å². The zero-order valence-corrected chi connectivity index (χ0v) is 51.4. The number of hydrogen-bond acceptors (Lipinski definition) is 12. The Morgan fingerprint density at radius 1 is 0.767 bits per heavy atom. The molecule has 1 aliphatic carbocycles. The van der Waals surface area contributed by atoms with E-state index in [0.717, 1.165) is 50.2 Å². The molecule has 4 unspecified atom stereocenters. The summed E-state index contributed by atoms with van der Waals surface area (Å²) in [6.45, 7) is 18.1. The van der Waals surface area contributed by atoms with Crippen LogP contribution in [0.3, 0.4) is 0 Å². The van der Waals surface area contributed by atoms with E-state index >= 15 is 0 Å². The highest BCUT2D eigenvalue weighted by Crippen LogP contribution is 2.64. The van der Waals surface area contributed by atoms with Gasteiger partial charge in [-0.2, -0.15) is 16.8 Å². The number of allylic oxidation sites excluding steroid dienone is 5. The molecule has 6 aromatic rings. The van der Waals surface area contributed by atoms with Gasteiger partial charge in [-0.3, -0.25) is 13.9 Å². The Morgan fingerprint density at radius 3 is 1.99 bits per heavy atom. The lowest BCUT2D eigenvalue weighted by Crippen LogP contribution is -2.66. The second-order valence-electron chi connectivity index (χ2n) is 24.0. The Morgan fingerprint density at radius 2 is 1.38 bits per heavy atom. The van der Waals surface area contributed by atoms with E-state index in [1.165, 1.54) is 70.6 Å². The van der Waals surface area contributed by atoms with E-state index < -0.39 is 76.1 Å². The second-order valence-corrected chi connectivity index (χ2v) is 26.8. The molecule has 4 atom stereocenters. The number of aromatic nitrogens is 1. The molecule has 86 heavy (non-hydrogen) atoms. The molecular formula is C67H74N2O15S2. The van der Waals surface area contributed by atoms with E-state index in [9.17, 15) is 46.5 Å². The first-order valence-electron chi connectivity index (χ1n) is 28.6. The Labute approximate surface area is 502 Å². The lowest BCUT2D eigenvalue weighted by Gasteiger charge is -2.50. The number of ketones is 1. The molecule has 1 spiro atoms. The summed E-state index contributed by atoms with van der Waals surface area (Å²) in [6.07, 6.45) is 14.3. The average Bonchev–Trinajstić information content (AvgIpc) is 1.55. The first-order valence-corrected chi connectivity index (χ1v) is 31.5. The van der Waals surface area contributed by atoms with Gasteiger partial charge in [0.05, 0.1) is 11.2 Å². The van der Waals surface area contributed by atoms with Gasteiger partial charge in [0.2, 0.25) is 5.60 Å².